The molecular formula is C21H20F3N5O. The fourth-order valence-electron chi connectivity index (χ4n) is 3.53. The highest BCUT2D eigenvalue weighted by atomic mass is 19.4. The summed E-state index contributed by atoms with van der Waals surface area (Å²) in [7, 11) is 0. The number of nitrogen functional groups attached to an aromatic ring is 1. The number of rotatable bonds is 3. The number of nitrogens with one attached hydrogen (secondary N) is 1. The Morgan fingerprint density at radius 1 is 1.23 bits per heavy atom. The molecule has 1 fully saturated rings. The number of hydrogen-bond acceptors (Lipinski definition) is 5. The topological polar surface area (TPSA) is 84.1 Å². The highest BCUT2D eigenvalue weighted by Gasteiger charge is 2.31. The van der Waals surface area contributed by atoms with E-state index in [1.54, 1.807) is 23.1 Å². The number of alkyl halides is 3. The summed E-state index contributed by atoms with van der Waals surface area (Å²) < 4.78 is 38.0. The van der Waals surface area contributed by atoms with E-state index < -0.39 is 11.7 Å². The first-order chi connectivity index (χ1) is 14.2. The van der Waals surface area contributed by atoms with Crippen molar-refractivity contribution in [3.8, 4) is 0 Å². The Bertz CT molecular complexity index is 1100. The zero-order valence-corrected chi connectivity index (χ0v) is 16.2. The highest BCUT2D eigenvalue weighted by Crippen LogP contribution is 2.29. The molecule has 3 aromatic rings. The highest BCUT2D eigenvalue weighted by molar-refractivity contribution is 5.98. The van der Waals surface area contributed by atoms with Crippen molar-refractivity contribution in [1.29, 1.82) is 0 Å². The minimum Gasteiger partial charge on any atom is -0.383 e. The van der Waals surface area contributed by atoms with Crippen molar-refractivity contribution in [3.63, 3.8) is 0 Å². The second-order valence-electron chi connectivity index (χ2n) is 7.41. The van der Waals surface area contributed by atoms with Crippen LogP contribution in [-0.2, 0) is 6.18 Å². The lowest BCUT2D eigenvalue weighted by molar-refractivity contribution is -0.137. The van der Waals surface area contributed by atoms with Crippen LogP contribution in [0.3, 0.4) is 0 Å². The maximum absolute atomic E-state index is 12.9. The molecule has 1 saturated heterocycles. The first-order valence-corrected chi connectivity index (χ1v) is 9.46. The van der Waals surface area contributed by atoms with Crippen LogP contribution in [0, 0.1) is 6.92 Å². The number of anilines is 2. The van der Waals surface area contributed by atoms with Crippen LogP contribution in [-0.4, -0.2) is 39.9 Å². The van der Waals surface area contributed by atoms with Crippen LogP contribution in [0.5, 0.6) is 0 Å². The molecule has 1 aromatic carbocycles. The summed E-state index contributed by atoms with van der Waals surface area (Å²) in [4.78, 5) is 22.8. The van der Waals surface area contributed by atoms with Crippen LogP contribution in [0.2, 0.25) is 0 Å². The van der Waals surface area contributed by atoms with Crippen molar-refractivity contribution >= 4 is 28.4 Å². The van der Waals surface area contributed by atoms with Gasteiger partial charge in [0.25, 0.3) is 5.91 Å². The number of benzene rings is 1. The van der Waals surface area contributed by atoms with Crippen molar-refractivity contribution in [2.45, 2.75) is 25.6 Å². The van der Waals surface area contributed by atoms with Gasteiger partial charge in [-0.15, -0.1) is 0 Å². The van der Waals surface area contributed by atoms with Crippen LogP contribution in [0.15, 0.2) is 42.6 Å². The molecule has 156 valence electrons. The van der Waals surface area contributed by atoms with Gasteiger partial charge in [0.05, 0.1) is 11.1 Å². The van der Waals surface area contributed by atoms with Crippen molar-refractivity contribution in [3.05, 3.63) is 59.3 Å². The smallest absolute Gasteiger partial charge is 0.383 e. The van der Waals surface area contributed by atoms with Crippen LogP contribution in [0.1, 0.15) is 27.9 Å². The summed E-state index contributed by atoms with van der Waals surface area (Å²) in [5.41, 5.74) is 7.18. The molecule has 1 aliphatic rings. The number of amides is 1. The number of nitrogens with zero attached hydrogens (tertiary/aromatic N) is 3. The van der Waals surface area contributed by atoms with Gasteiger partial charge in [-0.3, -0.25) is 4.79 Å². The molecule has 3 heterocycles. The molecule has 6 nitrogen and oxygen atoms in total. The summed E-state index contributed by atoms with van der Waals surface area (Å²) in [5.74, 6) is 0.718. The van der Waals surface area contributed by atoms with Crippen LogP contribution in [0.4, 0.5) is 24.8 Å². The van der Waals surface area contributed by atoms with Crippen molar-refractivity contribution in [1.82, 2.24) is 14.9 Å². The Morgan fingerprint density at radius 3 is 2.73 bits per heavy atom. The molecule has 2 aromatic heterocycles. The number of likely N-dealkylation sites (tertiary alicyclic amines) is 1. The molecule has 0 radical (unpaired) electrons. The zero-order valence-electron chi connectivity index (χ0n) is 16.2. The van der Waals surface area contributed by atoms with Gasteiger partial charge < -0.3 is 16.0 Å². The number of nitrogens with two attached hydrogens (primary N) is 1. The second-order valence-corrected chi connectivity index (χ2v) is 7.41. The molecule has 1 amide bonds. The molecular weight excluding hydrogens is 395 g/mol. The van der Waals surface area contributed by atoms with Gasteiger partial charge in [0.2, 0.25) is 0 Å². The maximum Gasteiger partial charge on any atom is 0.417 e. The third-order valence-corrected chi connectivity index (χ3v) is 5.21. The van der Waals surface area contributed by atoms with Crippen LogP contribution >= 0.6 is 0 Å². The quantitative estimate of drug-likeness (QED) is 0.679. The molecule has 1 atom stereocenters. The van der Waals surface area contributed by atoms with E-state index >= 15 is 0 Å². The van der Waals surface area contributed by atoms with E-state index in [9.17, 15) is 18.0 Å². The first-order valence-electron chi connectivity index (χ1n) is 9.46. The largest absolute Gasteiger partial charge is 0.417 e. The molecule has 0 aliphatic carbocycles. The lowest BCUT2D eigenvalue weighted by Gasteiger charge is -2.18. The summed E-state index contributed by atoms with van der Waals surface area (Å²) in [6.07, 6.45) is -2.93. The predicted molar refractivity (Wildman–Crippen MR) is 108 cm³/mol. The molecule has 1 aliphatic heterocycles. The number of fused-ring (bicyclic) bond motifs is 1. The molecule has 30 heavy (non-hydrogen) atoms. The normalized spacial score (nSPS) is 16.8. The van der Waals surface area contributed by atoms with E-state index in [1.807, 2.05) is 13.0 Å². The minimum atomic E-state index is -4.41. The summed E-state index contributed by atoms with van der Waals surface area (Å²) in [5, 5.41) is 3.95. The molecule has 1 unspecified atom stereocenters. The van der Waals surface area contributed by atoms with Gasteiger partial charge in [0.15, 0.2) is 0 Å². The van der Waals surface area contributed by atoms with Crippen molar-refractivity contribution in [2.24, 2.45) is 0 Å². The van der Waals surface area contributed by atoms with Gasteiger partial charge in [0.1, 0.15) is 11.6 Å². The third-order valence-electron chi connectivity index (χ3n) is 5.21. The molecule has 0 spiro atoms. The number of aryl methyl sites for hydroxylation is 1. The van der Waals surface area contributed by atoms with E-state index in [0.717, 1.165) is 28.7 Å². The van der Waals surface area contributed by atoms with Gasteiger partial charge >= 0.3 is 6.18 Å². The van der Waals surface area contributed by atoms with Gasteiger partial charge in [-0.05, 0) is 55.3 Å². The fourth-order valence-corrected chi connectivity index (χ4v) is 3.53. The SMILES string of the molecule is Cc1cc2cc(C(=O)N3CCC(Nc4ccc(C(F)(F)F)cn4)C3)ccc2nc1N. The number of hydrogen-bond donors (Lipinski definition) is 2. The van der Waals surface area contributed by atoms with E-state index in [0.29, 0.717) is 36.7 Å². The average molecular weight is 415 g/mol. The monoisotopic (exact) mass is 415 g/mol. The molecule has 3 N–H and O–H groups in total. The maximum atomic E-state index is 12.9. The number of halogens is 3. The second kappa shape index (κ2) is 7.47. The third kappa shape index (κ3) is 4.00. The lowest BCUT2D eigenvalue weighted by Crippen LogP contribution is -2.31. The minimum absolute atomic E-state index is 0.0812. The Kier molecular flexibility index (Phi) is 4.97. The standard InChI is InChI=1S/C21H20F3N5O/c1-12-8-14-9-13(2-4-17(14)28-19(12)25)20(30)29-7-6-16(11-29)27-18-5-3-15(10-26-18)21(22,23)24/h2-5,8-10,16H,6-7,11H2,1H3,(H2,25,28)(H,26,27). The Labute approximate surface area is 170 Å². The zero-order chi connectivity index (χ0) is 21.5. The van der Waals surface area contributed by atoms with E-state index in [4.69, 9.17) is 5.73 Å². The number of carbonyl (C=O) groups is 1. The van der Waals surface area contributed by atoms with Crippen molar-refractivity contribution < 1.29 is 18.0 Å². The number of aromatic nitrogens is 2. The summed E-state index contributed by atoms with van der Waals surface area (Å²) in [6, 6.07) is 9.42. The molecule has 4 rings (SSSR count). The van der Waals surface area contributed by atoms with Gasteiger partial charge in [-0.2, -0.15) is 13.2 Å². The Morgan fingerprint density at radius 2 is 2.03 bits per heavy atom. The van der Waals surface area contributed by atoms with Gasteiger partial charge in [0, 0.05) is 36.3 Å². The Balaban J connectivity index is 1.43. The van der Waals surface area contributed by atoms with E-state index in [1.165, 1.54) is 6.07 Å². The van der Waals surface area contributed by atoms with Crippen molar-refractivity contribution in [2.75, 3.05) is 24.1 Å². The van der Waals surface area contributed by atoms with Crippen LogP contribution in [0.25, 0.3) is 10.9 Å². The first kappa shape index (κ1) is 19.9. The molecule has 0 saturated carbocycles. The van der Waals surface area contributed by atoms with Gasteiger partial charge in [-0.1, -0.05) is 0 Å². The average Bonchev–Trinajstić information content (AvgIpc) is 3.16. The predicted octanol–water partition coefficient (Wildman–Crippen LogP) is 3.87. The number of pyridine rings is 2. The van der Waals surface area contributed by atoms with Gasteiger partial charge in [-0.25, -0.2) is 9.97 Å². The summed E-state index contributed by atoms with van der Waals surface area (Å²) in [6.45, 7) is 2.86. The molecule has 9 heteroatoms. The fraction of sp³-hybridized carbons (Fsp3) is 0.286. The summed E-state index contributed by atoms with van der Waals surface area (Å²) >= 11 is 0. The Hall–Kier alpha value is -3.36. The van der Waals surface area contributed by atoms with Crippen LogP contribution < -0.4 is 11.1 Å². The molecule has 0 bridgehead atoms. The lowest BCUT2D eigenvalue weighted by atomic mass is 10.1. The van der Waals surface area contributed by atoms with E-state index in [2.05, 4.69) is 15.3 Å². The number of carbonyl (C=O) groups excluding carboxylic acids is 1. The van der Waals surface area contributed by atoms with E-state index in [-0.39, 0.29) is 11.9 Å².